The third kappa shape index (κ3) is 6.71. The molecule has 0 radical (unpaired) electrons. The van der Waals surface area contributed by atoms with E-state index >= 15 is 0 Å². The van der Waals surface area contributed by atoms with Crippen molar-refractivity contribution in [3.05, 3.63) is 42.0 Å². The van der Waals surface area contributed by atoms with Gasteiger partial charge in [-0.25, -0.2) is 4.99 Å². The molecule has 0 atom stereocenters. The highest BCUT2D eigenvalue weighted by Gasteiger charge is 2.23. The van der Waals surface area contributed by atoms with Crippen molar-refractivity contribution >= 4 is 17.9 Å². The minimum absolute atomic E-state index is 0.0255. The first-order valence-electron chi connectivity index (χ1n) is 10.0. The normalized spacial score (nSPS) is 18.7. The summed E-state index contributed by atoms with van der Waals surface area (Å²) >= 11 is 0. The number of hydrogen-bond acceptors (Lipinski definition) is 3. The van der Waals surface area contributed by atoms with Gasteiger partial charge in [0.15, 0.2) is 5.96 Å². The Morgan fingerprint density at radius 2 is 1.93 bits per heavy atom. The molecule has 0 aromatic heterocycles. The molecule has 0 bridgehead atoms. The minimum Gasteiger partial charge on any atom is -0.357 e. The summed E-state index contributed by atoms with van der Waals surface area (Å²) in [6, 6.07) is 10.8. The molecule has 146 valence electrons. The number of aliphatic imine (C=N–C) groups is 1. The monoisotopic (exact) mass is 369 g/mol. The van der Waals surface area contributed by atoms with Crippen LogP contribution in [-0.4, -0.2) is 73.5 Å². The van der Waals surface area contributed by atoms with Gasteiger partial charge in [0.25, 0.3) is 0 Å². The Hall–Kier alpha value is -2.34. The molecule has 2 fully saturated rings. The van der Waals surface area contributed by atoms with Gasteiger partial charge in [0, 0.05) is 45.3 Å². The molecule has 3 rings (SSSR count). The topological polar surface area (TPSA) is 60.0 Å². The zero-order valence-electron chi connectivity index (χ0n) is 16.2. The average molecular weight is 370 g/mol. The van der Waals surface area contributed by atoms with Gasteiger partial charge in [0.1, 0.15) is 6.54 Å². The predicted octanol–water partition coefficient (Wildman–Crippen LogP) is 1.56. The second-order valence-corrected chi connectivity index (χ2v) is 7.11. The Morgan fingerprint density at radius 1 is 1.19 bits per heavy atom. The molecule has 1 aliphatic carbocycles. The molecule has 2 aliphatic rings. The number of guanidine groups is 1. The number of benzene rings is 1. The van der Waals surface area contributed by atoms with E-state index < -0.39 is 0 Å². The van der Waals surface area contributed by atoms with Crippen LogP contribution in [0.3, 0.4) is 0 Å². The van der Waals surface area contributed by atoms with Gasteiger partial charge in [0.2, 0.25) is 5.91 Å². The molecule has 0 unspecified atom stereocenters. The van der Waals surface area contributed by atoms with Crippen LogP contribution in [0.25, 0.3) is 6.08 Å². The lowest BCUT2D eigenvalue weighted by Gasteiger charge is -2.36. The molecule has 6 heteroatoms. The fraction of sp³-hybridized carbons (Fsp3) is 0.524. The van der Waals surface area contributed by atoms with Crippen LogP contribution in [0.2, 0.25) is 0 Å². The SMILES string of the molecule is CCNC(=NCC(=O)NC1CC1)N1CCN(CC=Cc2ccccc2)CC1. The molecule has 1 saturated carbocycles. The molecular weight excluding hydrogens is 338 g/mol. The number of piperazine rings is 1. The number of nitrogens with one attached hydrogen (secondary N) is 2. The molecular formula is C21H31N5O. The van der Waals surface area contributed by atoms with Crippen LogP contribution in [0.5, 0.6) is 0 Å². The Kier molecular flexibility index (Phi) is 7.27. The first-order valence-corrected chi connectivity index (χ1v) is 10.0. The van der Waals surface area contributed by atoms with E-state index in [1.807, 2.05) is 6.07 Å². The van der Waals surface area contributed by atoms with Crippen molar-refractivity contribution in [2.45, 2.75) is 25.8 Å². The van der Waals surface area contributed by atoms with Crippen LogP contribution in [0, 0.1) is 0 Å². The van der Waals surface area contributed by atoms with E-state index in [9.17, 15) is 4.79 Å². The molecule has 2 N–H and O–H groups in total. The van der Waals surface area contributed by atoms with Crippen LogP contribution >= 0.6 is 0 Å². The lowest BCUT2D eigenvalue weighted by atomic mass is 10.2. The highest BCUT2D eigenvalue weighted by atomic mass is 16.2. The van der Waals surface area contributed by atoms with Gasteiger partial charge < -0.3 is 15.5 Å². The molecule has 6 nitrogen and oxygen atoms in total. The first-order chi connectivity index (χ1) is 13.2. The van der Waals surface area contributed by atoms with Crippen molar-refractivity contribution in [3.8, 4) is 0 Å². The number of carbonyl (C=O) groups excluding carboxylic acids is 1. The largest absolute Gasteiger partial charge is 0.357 e. The van der Waals surface area contributed by atoms with Crippen molar-refractivity contribution in [1.82, 2.24) is 20.4 Å². The fourth-order valence-corrected chi connectivity index (χ4v) is 3.12. The van der Waals surface area contributed by atoms with Gasteiger partial charge in [-0.15, -0.1) is 0 Å². The molecule has 27 heavy (non-hydrogen) atoms. The van der Waals surface area contributed by atoms with Gasteiger partial charge in [-0.1, -0.05) is 42.5 Å². The molecule has 1 aliphatic heterocycles. The van der Waals surface area contributed by atoms with Crippen LogP contribution in [0.4, 0.5) is 0 Å². The zero-order chi connectivity index (χ0) is 18.9. The quantitative estimate of drug-likeness (QED) is 0.566. The van der Waals surface area contributed by atoms with Crippen LogP contribution < -0.4 is 10.6 Å². The van der Waals surface area contributed by atoms with Crippen LogP contribution in [-0.2, 0) is 4.79 Å². The Labute approximate surface area is 162 Å². The van der Waals surface area contributed by atoms with Crippen molar-refractivity contribution < 1.29 is 4.79 Å². The molecule has 0 spiro atoms. The summed E-state index contributed by atoms with van der Waals surface area (Å²) in [5, 5.41) is 6.31. The molecule has 1 amide bonds. The maximum atomic E-state index is 11.9. The lowest BCUT2D eigenvalue weighted by molar-refractivity contribution is -0.119. The van der Waals surface area contributed by atoms with Crippen LogP contribution in [0.15, 0.2) is 41.4 Å². The molecule has 1 aromatic carbocycles. The van der Waals surface area contributed by atoms with E-state index in [4.69, 9.17) is 0 Å². The van der Waals surface area contributed by atoms with Crippen molar-refractivity contribution in [3.63, 3.8) is 0 Å². The minimum atomic E-state index is 0.0255. The summed E-state index contributed by atoms with van der Waals surface area (Å²) in [5.74, 6) is 0.875. The molecule has 1 heterocycles. The standard InChI is InChI=1S/C21H31N5O/c1-2-22-21(23-17-20(27)24-19-10-11-19)26-15-13-25(14-16-26)12-6-9-18-7-4-3-5-8-18/h3-9,19H,2,10-17H2,1H3,(H,22,23)(H,24,27). The van der Waals surface area contributed by atoms with E-state index in [1.165, 1.54) is 5.56 Å². The highest BCUT2D eigenvalue weighted by molar-refractivity contribution is 5.85. The Morgan fingerprint density at radius 3 is 2.59 bits per heavy atom. The second-order valence-electron chi connectivity index (χ2n) is 7.11. The van der Waals surface area contributed by atoms with Gasteiger partial charge in [0.05, 0.1) is 0 Å². The third-order valence-electron chi connectivity index (χ3n) is 4.80. The van der Waals surface area contributed by atoms with E-state index in [-0.39, 0.29) is 12.5 Å². The first kappa shape index (κ1) is 19.4. The van der Waals surface area contributed by atoms with E-state index in [0.29, 0.717) is 6.04 Å². The van der Waals surface area contributed by atoms with Crippen molar-refractivity contribution in [2.75, 3.05) is 45.8 Å². The Balaban J connectivity index is 1.43. The van der Waals surface area contributed by atoms with Gasteiger partial charge in [-0.3, -0.25) is 9.69 Å². The summed E-state index contributed by atoms with van der Waals surface area (Å²) in [4.78, 5) is 21.1. The molecule has 1 aromatic rings. The smallest absolute Gasteiger partial charge is 0.242 e. The average Bonchev–Trinajstić information content (AvgIpc) is 3.50. The summed E-state index contributed by atoms with van der Waals surface area (Å²) < 4.78 is 0. The Bertz CT molecular complexity index is 646. The number of carbonyl (C=O) groups is 1. The van der Waals surface area contributed by atoms with Gasteiger partial charge in [-0.2, -0.15) is 0 Å². The predicted molar refractivity (Wildman–Crippen MR) is 111 cm³/mol. The lowest BCUT2D eigenvalue weighted by Crippen LogP contribution is -2.52. The highest BCUT2D eigenvalue weighted by Crippen LogP contribution is 2.18. The van der Waals surface area contributed by atoms with Gasteiger partial charge in [-0.05, 0) is 25.3 Å². The summed E-state index contributed by atoms with van der Waals surface area (Å²) in [6.07, 6.45) is 6.62. The van der Waals surface area contributed by atoms with E-state index in [0.717, 1.165) is 58.1 Å². The maximum absolute atomic E-state index is 11.9. The number of hydrogen-bond donors (Lipinski definition) is 2. The third-order valence-corrected chi connectivity index (χ3v) is 4.80. The summed E-state index contributed by atoms with van der Waals surface area (Å²) in [5.41, 5.74) is 1.24. The molecule has 1 saturated heterocycles. The summed E-state index contributed by atoms with van der Waals surface area (Å²) in [7, 11) is 0. The van der Waals surface area contributed by atoms with E-state index in [2.05, 4.69) is 68.8 Å². The second kappa shape index (κ2) is 10.1. The van der Waals surface area contributed by atoms with Crippen molar-refractivity contribution in [1.29, 1.82) is 0 Å². The number of nitrogens with zero attached hydrogens (tertiary/aromatic N) is 3. The number of amides is 1. The number of rotatable bonds is 7. The fourth-order valence-electron chi connectivity index (χ4n) is 3.12. The maximum Gasteiger partial charge on any atom is 0.242 e. The van der Waals surface area contributed by atoms with Crippen molar-refractivity contribution in [2.24, 2.45) is 4.99 Å². The zero-order valence-corrected chi connectivity index (χ0v) is 16.2. The van der Waals surface area contributed by atoms with E-state index in [1.54, 1.807) is 0 Å². The van der Waals surface area contributed by atoms with Crippen LogP contribution in [0.1, 0.15) is 25.3 Å². The summed E-state index contributed by atoms with van der Waals surface area (Å²) in [6.45, 7) is 7.88. The van der Waals surface area contributed by atoms with Gasteiger partial charge >= 0.3 is 0 Å².